The van der Waals surface area contributed by atoms with Crippen LogP contribution in [0.5, 0.6) is 0 Å². The molecule has 0 bridgehead atoms. The van der Waals surface area contributed by atoms with Gasteiger partial charge in [0.05, 0.1) is 22.6 Å². The molecular weight excluding hydrogens is 441 g/mol. The molecule has 4 heterocycles. The highest BCUT2D eigenvalue weighted by Gasteiger charge is 2.31. The predicted octanol–water partition coefficient (Wildman–Crippen LogP) is 3.29. The number of hydrogen-bond acceptors (Lipinski definition) is 8. The largest absolute Gasteiger partial charge is 0.416 e. The quantitative estimate of drug-likeness (QED) is 0.426. The van der Waals surface area contributed by atoms with Crippen LogP contribution in [-0.2, 0) is 12.7 Å². The summed E-state index contributed by atoms with van der Waals surface area (Å²) in [7, 11) is 1.82. The number of imidazole rings is 1. The Hall–Kier alpha value is -4.00. The summed E-state index contributed by atoms with van der Waals surface area (Å²) in [4.78, 5) is 28.1. The third-order valence-electron chi connectivity index (χ3n) is 5.21. The molecule has 0 spiro atoms. The Morgan fingerprint density at radius 3 is 2.88 bits per heavy atom. The van der Waals surface area contributed by atoms with Crippen molar-refractivity contribution in [2.75, 3.05) is 12.5 Å². The number of rotatable bonds is 4. The first-order valence-electron chi connectivity index (χ1n) is 9.85. The molecule has 0 saturated carbocycles. The molecule has 1 aromatic carbocycles. The number of anilines is 1. The third-order valence-corrected chi connectivity index (χ3v) is 5.21. The van der Waals surface area contributed by atoms with Crippen molar-refractivity contribution < 1.29 is 22.5 Å². The third kappa shape index (κ3) is 3.86. The molecule has 3 aromatic heterocycles. The van der Waals surface area contributed by atoms with E-state index in [0.29, 0.717) is 34.9 Å². The van der Waals surface area contributed by atoms with E-state index in [9.17, 15) is 18.0 Å². The van der Waals surface area contributed by atoms with Crippen molar-refractivity contribution in [3.05, 3.63) is 53.2 Å². The van der Waals surface area contributed by atoms with E-state index in [1.54, 1.807) is 18.0 Å². The fourth-order valence-corrected chi connectivity index (χ4v) is 3.56. The molecule has 1 atom stereocenters. The van der Waals surface area contributed by atoms with Crippen LogP contribution in [0.1, 0.15) is 40.3 Å². The van der Waals surface area contributed by atoms with Gasteiger partial charge in [0.15, 0.2) is 11.6 Å². The van der Waals surface area contributed by atoms with Crippen LogP contribution in [0.2, 0.25) is 0 Å². The van der Waals surface area contributed by atoms with Gasteiger partial charge < -0.3 is 20.2 Å². The lowest BCUT2D eigenvalue weighted by molar-refractivity contribution is -0.137. The van der Waals surface area contributed by atoms with E-state index >= 15 is 0 Å². The zero-order valence-electron chi connectivity index (χ0n) is 17.4. The SMILES string of the molecule is C[C@@H](NC(=O)c1ncnc2c1CN(C)N2)c1cc(-c2nc3ccc(C(F)(F)F)cc3[nH]2)no1. The van der Waals surface area contributed by atoms with Crippen molar-refractivity contribution in [3.63, 3.8) is 0 Å². The van der Waals surface area contributed by atoms with Crippen LogP contribution in [0.3, 0.4) is 0 Å². The Labute approximate surface area is 184 Å². The van der Waals surface area contributed by atoms with E-state index < -0.39 is 23.7 Å². The first kappa shape index (κ1) is 20.9. The summed E-state index contributed by atoms with van der Waals surface area (Å²) in [6.07, 6.45) is -3.15. The second kappa shape index (κ2) is 7.55. The van der Waals surface area contributed by atoms with Gasteiger partial charge in [0, 0.05) is 25.2 Å². The van der Waals surface area contributed by atoms with Crippen molar-refractivity contribution in [2.24, 2.45) is 0 Å². The standard InChI is InChI=1S/C20H17F3N8O2/c1-9(26-19(32)16-11-7-31(2)29-17(11)25-8-24-16)15-6-14(30-33-15)18-27-12-4-3-10(20(21,22)23)5-13(12)28-18/h3-6,8-9H,7H2,1-2H3,(H,26,32)(H,27,28)(H,24,25,29)/t9-/m1/s1. The second-order valence-electron chi connectivity index (χ2n) is 7.64. The molecule has 4 aromatic rings. The average Bonchev–Trinajstić information content (AvgIpc) is 3.48. The monoisotopic (exact) mass is 458 g/mol. The van der Waals surface area contributed by atoms with E-state index in [1.165, 1.54) is 12.4 Å². The summed E-state index contributed by atoms with van der Waals surface area (Å²) < 4.78 is 44.2. The smallest absolute Gasteiger partial charge is 0.358 e. The van der Waals surface area contributed by atoms with Crippen molar-refractivity contribution in [1.82, 2.24) is 35.4 Å². The molecule has 13 heteroatoms. The lowest BCUT2D eigenvalue weighted by Gasteiger charge is -2.11. The molecule has 1 aliphatic heterocycles. The van der Waals surface area contributed by atoms with Gasteiger partial charge in [-0.05, 0) is 25.1 Å². The maximum absolute atomic E-state index is 12.9. The molecule has 33 heavy (non-hydrogen) atoms. The highest BCUT2D eigenvalue weighted by Crippen LogP contribution is 2.32. The molecule has 1 amide bonds. The summed E-state index contributed by atoms with van der Waals surface area (Å²) in [5.41, 5.74) is 4.06. The molecule has 170 valence electrons. The average molecular weight is 458 g/mol. The lowest BCUT2D eigenvalue weighted by atomic mass is 10.2. The molecule has 10 nitrogen and oxygen atoms in total. The number of fused-ring (bicyclic) bond motifs is 2. The number of carbonyl (C=O) groups excluding carboxylic acids is 1. The summed E-state index contributed by atoms with van der Waals surface area (Å²) in [6.45, 7) is 2.18. The molecule has 0 unspecified atom stereocenters. The molecular formula is C20H17F3N8O2. The van der Waals surface area contributed by atoms with Gasteiger partial charge in [-0.25, -0.2) is 20.0 Å². The number of amides is 1. The van der Waals surface area contributed by atoms with E-state index in [4.69, 9.17) is 4.52 Å². The number of alkyl halides is 3. The van der Waals surface area contributed by atoms with Crippen LogP contribution < -0.4 is 10.7 Å². The van der Waals surface area contributed by atoms with Gasteiger partial charge in [-0.15, -0.1) is 0 Å². The van der Waals surface area contributed by atoms with Crippen LogP contribution in [-0.4, -0.2) is 43.1 Å². The van der Waals surface area contributed by atoms with Crippen LogP contribution in [0.4, 0.5) is 19.0 Å². The summed E-state index contributed by atoms with van der Waals surface area (Å²) in [5, 5.41) is 8.53. The highest BCUT2D eigenvalue weighted by molar-refractivity contribution is 5.95. The van der Waals surface area contributed by atoms with Gasteiger partial charge in [-0.1, -0.05) is 5.16 Å². The highest BCUT2D eigenvalue weighted by atomic mass is 19.4. The van der Waals surface area contributed by atoms with Gasteiger partial charge in [0.1, 0.15) is 23.5 Å². The Balaban J connectivity index is 1.35. The molecule has 1 aliphatic rings. The minimum Gasteiger partial charge on any atom is -0.358 e. The summed E-state index contributed by atoms with van der Waals surface area (Å²) >= 11 is 0. The van der Waals surface area contributed by atoms with Crippen LogP contribution >= 0.6 is 0 Å². The normalized spacial score (nSPS) is 14.8. The number of aromatic nitrogens is 5. The minimum absolute atomic E-state index is 0.224. The molecule has 0 fully saturated rings. The molecule has 0 aliphatic carbocycles. The van der Waals surface area contributed by atoms with Crippen LogP contribution in [0.15, 0.2) is 35.1 Å². The maximum atomic E-state index is 12.9. The van der Waals surface area contributed by atoms with Crippen molar-refractivity contribution in [2.45, 2.75) is 25.7 Å². The zero-order valence-corrected chi connectivity index (χ0v) is 17.4. The minimum atomic E-state index is -4.45. The van der Waals surface area contributed by atoms with E-state index in [-0.39, 0.29) is 17.0 Å². The first-order valence-corrected chi connectivity index (χ1v) is 9.85. The van der Waals surface area contributed by atoms with Gasteiger partial charge in [-0.2, -0.15) is 13.2 Å². The molecule has 5 rings (SSSR count). The van der Waals surface area contributed by atoms with Gasteiger partial charge in [0.2, 0.25) is 0 Å². The maximum Gasteiger partial charge on any atom is 0.416 e. The van der Waals surface area contributed by atoms with Crippen molar-refractivity contribution >= 4 is 22.8 Å². The Morgan fingerprint density at radius 2 is 2.09 bits per heavy atom. The van der Waals surface area contributed by atoms with Crippen molar-refractivity contribution in [1.29, 1.82) is 0 Å². The van der Waals surface area contributed by atoms with Crippen LogP contribution in [0, 0.1) is 0 Å². The fourth-order valence-electron chi connectivity index (χ4n) is 3.56. The van der Waals surface area contributed by atoms with Crippen LogP contribution in [0.25, 0.3) is 22.6 Å². The number of hydrazine groups is 1. The molecule has 0 saturated heterocycles. The second-order valence-corrected chi connectivity index (χ2v) is 7.64. The topological polar surface area (TPSA) is 125 Å². The first-order chi connectivity index (χ1) is 15.7. The van der Waals surface area contributed by atoms with E-state index in [0.717, 1.165) is 12.1 Å². The van der Waals surface area contributed by atoms with E-state index in [1.807, 2.05) is 7.05 Å². The van der Waals surface area contributed by atoms with Crippen molar-refractivity contribution in [3.8, 4) is 11.5 Å². The zero-order chi connectivity index (χ0) is 23.3. The summed E-state index contributed by atoms with van der Waals surface area (Å²) in [5.74, 6) is 0.766. The lowest BCUT2D eigenvalue weighted by Crippen LogP contribution is -2.28. The summed E-state index contributed by atoms with van der Waals surface area (Å²) in [6, 6.07) is 4.25. The molecule has 0 radical (unpaired) electrons. The number of carbonyl (C=O) groups is 1. The number of aromatic amines is 1. The van der Waals surface area contributed by atoms with Gasteiger partial charge in [-0.3, -0.25) is 4.79 Å². The number of nitrogens with zero attached hydrogens (tertiary/aromatic N) is 5. The van der Waals surface area contributed by atoms with Gasteiger partial charge in [0.25, 0.3) is 5.91 Å². The Kier molecular flexibility index (Phi) is 4.78. The predicted molar refractivity (Wildman–Crippen MR) is 110 cm³/mol. The molecule has 3 N–H and O–H groups in total. The Bertz CT molecular complexity index is 1360. The van der Waals surface area contributed by atoms with Gasteiger partial charge >= 0.3 is 6.18 Å². The Morgan fingerprint density at radius 1 is 1.27 bits per heavy atom. The number of hydrogen-bond donors (Lipinski definition) is 3. The number of H-pyrrole nitrogens is 1. The fraction of sp³-hybridized carbons (Fsp3) is 0.250. The number of halogens is 3. The number of benzene rings is 1. The van der Waals surface area contributed by atoms with E-state index in [2.05, 4.69) is 35.8 Å². The number of nitrogens with one attached hydrogen (secondary N) is 3.